The summed E-state index contributed by atoms with van der Waals surface area (Å²) in [5, 5.41) is 12.4. The first-order valence-electron chi connectivity index (χ1n) is 9.69. The van der Waals surface area contributed by atoms with Gasteiger partial charge in [-0.05, 0) is 50.6 Å². The van der Waals surface area contributed by atoms with Gasteiger partial charge in [0.05, 0.1) is 17.8 Å². The summed E-state index contributed by atoms with van der Waals surface area (Å²) in [6.45, 7) is 5.18. The van der Waals surface area contributed by atoms with Crippen LogP contribution >= 0.6 is 23.4 Å². The summed E-state index contributed by atoms with van der Waals surface area (Å²) in [7, 11) is 0. The van der Waals surface area contributed by atoms with E-state index in [9.17, 15) is 23.9 Å². The lowest BCUT2D eigenvalue weighted by atomic mass is 10.1. The van der Waals surface area contributed by atoms with Crippen molar-refractivity contribution < 1.29 is 28.6 Å². The third kappa shape index (κ3) is 5.72. The van der Waals surface area contributed by atoms with Gasteiger partial charge >= 0.3 is 12.1 Å². The molecule has 32 heavy (non-hydrogen) atoms. The van der Waals surface area contributed by atoms with Crippen LogP contribution in [0.15, 0.2) is 41.3 Å². The molecule has 2 aromatic rings. The van der Waals surface area contributed by atoms with Gasteiger partial charge in [0.25, 0.3) is 5.91 Å². The highest BCUT2D eigenvalue weighted by Gasteiger charge is 2.34. The molecule has 2 N–H and O–H groups in total. The molecule has 1 atom stereocenters. The Hall–Kier alpha value is -2.78. The van der Waals surface area contributed by atoms with Gasteiger partial charge in [-0.3, -0.25) is 4.79 Å². The minimum absolute atomic E-state index is 0.0702. The molecule has 2 amide bonds. The van der Waals surface area contributed by atoms with E-state index in [0.717, 1.165) is 29.5 Å². The molecule has 2 aromatic carbocycles. The Labute approximate surface area is 193 Å². The number of rotatable bonds is 4. The Kier molecular flexibility index (Phi) is 7.00. The summed E-state index contributed by atoms with van der Waals surface area (Å²) in [4.78, 5) is 38.9. The van der Waals surface area contributed by atoms with Gasteiger partial charge in [0.15, 0.2) is 0 Å². The second-order valence-electron chi connectivity index (χ2n) is 8.17. The Morgan fingerprint density at radius 2 is 1.94 bits per heavy atom. The molecule has 0 saturated carbocycles. The van der Waals surface area contributed by atoms with Gasteiger partial charge in [-0.2, -0.15) is 0 Å². The number of aromatic carboxylic acids is 1. The molecule has 3 rings (SSSR count). The molecule has 1 unspecified atom stereocenters. The van der Waals surface area contributed by atoms with Crippen LogP contribution < -0.4 is 10.2 Å². The van der Waals surface area contributed by atoms with E-state index >= 15 is 0 Å². The second-order valence-corrected chi connectivity index (χ2v) is 9.66. The van der Waals surface area contributed by atoms with Crippen LogP contribution in [-0.2, 0) is 16.1 Å². The topological polar surface area (TPSA) is 95.9 Å². The quantitative estimate of drug-likeness (QED) is 0.658. The van der Waals surface area contributed by atoms with Crippen molar-refractivity contribution in [3.8, 4) is 0 Å². The predicted molar refractivity (Wildman–Crippen MR) is 120 cm³/mol. The summed E-state index contributed by atoms with van der Waals surface area (Å²) in [6, 6.07) is 8.06. The lowest BCUT2D eigenvalue weighted by molar-refractivity contribution is -0.120. The number of fused-ring (bicyclic) bond motifs is 1. The van der Waals surface area contributed by atoms with Crippen LogP contribution in [0.3, 0.4) is 0 Å². The average molecular weight is 481 g/mol. The minimum atomic E-state index is -1.44. The van der Waals surface area contributed by atoms with E-state index in [0.29, 0.717) is 9.92 Å². The van der Waals surface area contributed by atoms with Crippen LogP contribution in [0.4, 0.5) is 14.9 Å². The SMILES string of the molecule is CC(C)(C)OC(=O)NC1CSc2cc(F)c(C(=O)O)cc2N(Cc2ccc(Cl)cc2)C1=O. The zero-order chi connectivity index (χ0) is 23.6. The molecule has 1 heterocycles. The molecule has 0 radical (unpaired) electrons. The fourth-order valence-electron chi connectivity index (χ4n) is 3.07. The third-order valence-electron chi connectivity index (χ3n) is 4.48. The maximum absolute atomic E-state index is 14.3. The number of hydrogen-bond donors (Lipinski definition) is 2. The summed E-state index contributed by atoms with van der Waals surface area (Å²) in [5.74, 6) is -2.70. The maximum atomic E-state index is 14.3. The number of carbonyl (C=O) groups excluding carboxylic acids is 2. The fraction of sp³-hybridized carbons (Fsp3) is 0.318. The van der Waals surface area contributed by atoms with Gasteiger partial charge in [0.2, 0.25) is 0 Å². The first-order valence-corrected chi connectivity index (χ1v) is 11.1. The molecule has 0 saturated heterocycles. The van der Waals surface area contributed by atoms with Crippen molar-refractivity contribution in [3.63, 3.8) is 0 Å². The molecule has 0 fully saturated rings. The second kappa shape index (κ2) is 9.38. The Morgan fingerprint density at radius 1 is 1.28 bits per heavy atom. The Bertz CT molecular complexity index is 1060. The van der Waals surface area contributed by atoms with Crippen LogP contribution in [0.5, 0.6) is 0 Å². The zero-order valence-corrected chi connectivity index (χ0v) is 19.2. The van der Waals surface area contributed by atoms with E-state index in [1.807, 2.05) is 0 Å². The fourth-order valence-corrected chi connectivity index (χ4v) is 4.28. The number of ether oxygens (including phenoxy) is 1. The number of carboxylic acids is 1. The third-order valence-corrected chi connectivity index (χ3v) is 5.87. The number of nitrogens with zero attached hydrogens (tertiary/aromatic N) is 1. The number of hydrogen-bond acceptors (Lipinski definition) is 5. The summed E-state index contributed by atoms with van der Waals surface area (Å²) < 4.78 is 19.6. The van der Waals surface area contributed by atoms with Crippen LogP contribution in [0.25, 0.3) is 0 Å². The predicted octanol–water partition coefficient (Wildman–Crippen LogP) is 4.71. The van der Waals surface area contributed by atoms with Crippen LogP contribution in [-0.4, -0.2) is 40.5 Å². The number of carboxylic acid groups (broad SMARTS) is 1. The van der Waals surface area contributed by atoms with Crippen molar-refractivity contribution >= 4 is 47.0 Å². The normalized spacial score (nSPS) is 16.2. The number of amides is 2. The molecule has 1 aliphatic rings. The number of anilines is 1. The van der Waals surface area contributed by atoms with Crippen molar-refractivity contribution in [2.45, 2.75) is 43.9 Å². The highest BCUT2D eigenvalue weighted by atomic mass is 35.5. The van der Waals surface area contributed by atoms with Crippen LogP contribution in [0, 0.1) is 5.82 Å². The molecule has 0 aromatic heterocycles. The molecule has 7 nitrogen and oxygen atoms in total. The maximum Gasteiger partial charge on any atom is 0.408 e. The van der Waals surface area contributed by atoms with E-state index in [2.05, 4.69) is 5.32 Å². The molecular weight excluding hydrogens is 459 g/mol. The Balaban J connectivity index is 2.00. The largest absolute Gasteiger partial charge is 0.478 e. The summed E-state index contributed by atoms with van der Waals surface area (Å²) in [6.07, 6.45) is -0.758. The highest BCUT2D eigenvalue weighted by molar-refractivity contribution is 7.99. The number of alkyl carbamates (subject to hydrolysis) is 1. The van der Waals surface area contributed by atoms with Gasteiger partial charge in [-0.15, -0.1) is 11.8 Å². The van der Waals surface area contributed by atoms with E-state index in [-0.39, 0.29) is 18.0 Å². The van der Waals surface area contributed by atoms with Crippen molar-refractivity contribution in [2.75, 3.05) is 10.7 Å². The summed E-state index contributed by atoms with van der Waals surface area (Å²) in [5.41, 5.74) is -0.326. The highest BCUT2D eigenvalue weighted by Crippen LogP contribution is 2.37. The van der Waals surface area contributed by atoms with Crippen molar-refractivity contribution in [1.29, 1.82) is 0 Å². The van der Waals surface area contributed by atoms with Crippen molar-refractivity contribution in [3.05, 3.63) is 58.4 Å². The smallest absolute Gasteiger partial charge is 0.408 e. The Morgan fingerprint density at radius 3 is 2.53 bits per heavy atom. The molecule has 1 aliphatic heterocycles. The zero-order valence-electron chi connectivity index (χ0n) is 17.6. The molecule has 10 heteroatoms. The van der Waals surface area contributed by atoms with Crippen LogP contribution in [0.1, 0.15) is 36.7 Å². The van der Waals surface area contributed by atoms with Gasteiger partial charge < -0.3 is 20.1 Å². The van der Waals surface area contributed by atoms with E-state index in [4.69, 9.17) is 16.3 Å². The monoisotopic (exact) mass is 480 g/mol. The van der Waals surface area contributed by atoms with E-state index < -0.39 is 41.0 Å². The van der Waals surface area contributed by atoms with Gasteiger partial charge in [0.1, 0.15) is 17.5 Å². The number of carbonyl (C=O) groups is 3. The molecule has 0 spiro atoms. The van der Waals surface area contributed by atoms with E-state index in [1.165, 1.54) is 4.90 Å². The summed E-state index contributed by atoms with van der Waals surface area (Å²) >= 11 is 7.09. The number of thioether (sulfide) groups is 1. The van der Waals surface area contributed by atoms with Crippen LogP contribution in [0.2, 0.25) is 5.02 Å². The van der Waals surface area contributed by atoms with Gasteiger partial charge in [-0.1, -0.05) is 23.7 Å². The first kappa shape index (κ1) is 23.9. The average Bonchev–Trinajstić information content (AvgIpc) is 2.79. The minimum Gasteiger partial charge on any atom is -0.478 e. The van der Waals surface area contributed by atoms with Gasteiger partial charge in [0, 0.05) is 15.7 Å². The number of benzene rings is 2. The van der Waals surface area contributed by atoms with Crippen molar-refractivity contribution in [1.82, 2.24) is 5.32 Å². The van der Waals surface area contributed by atoms with Gasteiger partial charge in [-0.25, -0.2) is 14.0 Å². The van der Waals surface area contributed by atoms with E-state index in [1.54, 1.807) is 45.0 Å². The molecule has 0 bridgehead atoms. The molecule has 0 aliphatic carbocycles. The first-order chi connectivity index (χ1) is 14.9. The number of halogens is 2. The lowest BCUT2D eigenvalue weighted by Gasteiger charge is -2.27. The molecular formula is C22H22ClFN2O5S. The lowest BCUT2D eigenvalue weighted by Crippen LogP contribution is -2.50. The molecule has 170 valence electrons. The number of nitrogens with one attached hydrogen (secondary N) is 1. The van der Waals surface area contributed by atoms with Crippen molar-refractivity contribution in [2.24, 2.45) is 0 Å². The standard InChI is InChI=1S/C22H22ClFN2O5S/c1-22(2,3)31-21(30)25-16-11-32-18-9-15(24)14(20(28)29)8-17(18)26(19(16)27)10-12-4-6-13(23)7-5-12/h4-9,16H,10-11H2,1-3H3,(H,25,30)(H,28,29).